The van der Waals surface area contributed by atoms with Gasteiger partial charge < -0.3 is 15.4 Å². The molecule has 1 amide bonds. The van der Waals surface area contributed by atoms with Crippen LogP contribution in [0.4, 0.5) is 0 Å². The van der Waals surface area contributed by atoms with Crippen molar-refractivity contribution in [2.75, 3.05) is 0 Å². The molecule has 0 radical (unpaired) electrons. The maximum atomic E-state index is 12.7. The van der Waals surface area contributed by atoms with E-state index in [1.807, 2.05) is 63.5 Å². The van der Waals surface area contributed by atoms with Crippen LogP contribution in [0.2, 0.25) is 0 Å². The number of rotatable bonds is 4. The number of nitrogens with zero attached hydrogens (tertiary/aromatic N) is 1. The van der Waals surface area contributed by atoms with Crippen LogP contribution in [-0.4, -0.2) is 32.6 Å². The maximum Gasteiger partial charge on any atom is 0.251 e. The summed E-state index contributed by atoms with van der Waals surface area (Å²) >= 11 is 0. The van der Waals surface area contributed by atoms with Gasteiger partial charge in [-0.25, -0.2) is 0 Å². The molecule has 3 aromatic rings. The molecule has 0 saturated heterocycles. The van der Waals surface area contributed by atoms with Gasteiger partial charge in [0.2, 0.25) is 0 Å². The van der Waals surface area contributed by atoms with Gasteiger partial charge in [0.15, 0.2) is 0 Å². The second kappa shape index (κ2) is 7.64. The highest BCUT2D eigenvalue weighted by Gasteiger charge is 2.31. The highest BCUT2D eigenvalue weighted by Crippen LogP contribution is 2.33. The lowest BCUT2D eigenvalue weighted by molar-refractivity contribution is -0.00257. The number of pyridine rings is 1. The first-order chi connectivity index (χ1) is 13.8. The number of aryl methyl sites for hydroxylation is 1. The predicted octanol–water partition coefficient (Wildman–Crippen LogP) is 4.60. The first-order valence-electron chi connectivity index (χ1n) is 10.4. The summed E-state index contributed by atoms with van der Waals surface area (Å²) in [5.74, 6) is 0.272. The highest BCUT2D eigenvalue weighted by molar-refractivity contribution is 5.97. The summed E-state index contributed by atoms with van der Waals surface area (Å²) < 4.78 is 0. The Morgan fingerprint density at radius 2 is 1.83 bits per heavy atom. The van der Waals surface area contributed by atoms with Crippen LogP contribution < -0.4 is 5.32 Å². The summed E-state index contributed by atoms with van der Waals surface area (Å²) in [5.41, 5.74) is 4.15. The van der Waals surface area contributed by atoms with Crippen LogP contribution in [0.5, 0.6) is 0 Å². The second-order valence-corrected chi connectivity index (χ2v) is 8.81. The number of aromatic nitrogens is 2. The molecule has 2 heterocycles. The minimum Gasteiger partial charge on any atom is -0.390 e. The Bertz CT molecular complexity index is 1010. The molecule has 0 atom stereocenters. The van der Waals surface area contributed by atoms with Crippen molar-refractivity contribution in [3.63, 3.8) is 0 Å². The molecule has 0 spiro atoms. The molecule has 0 aliphatic heterocycles. The van der Waals surface area contributed by atoms with Crippen molar-refractivity contribution in [2.45, 2.75) is 58.1 Å². The quantitative estimate of drug-likeness (QED) is 0.608. The molecular formula is C24H29N3O2. The maximum absolute atomic E-state index is 12.7. The van der Waals surface area contributed by atoms with E-state index >= 15 is 0 Å². The van der Waals surface area contributed by atoms with Crippen LogP contribution in [0.25, 0.3) is 22.2 Å². The SMILES string of the molecule is Cc1cnc(-c2ccc(C(=O)N[C@H]3CC[C@H](C(C)(C)O)CC3)cc2)c2cc[nH]c12. The number of aromatic amines is 1. The number of carbonyl (C=O) groups is 1. The lowest BCUT2D eigenvalue weighted by atomic mass is 9.77. The summed E-state index contributed by atoms with van der Waals surface area (Å²) in [5, 5.41) is 14.4. The van der Waals surface area contributed by atoms with Crippen LogP contribution >= 0.6 is 0 Å². The minimum absolute atomic E-state index is 0.0353. The van der Waals surface area contributed by atoms with Crippen LogP contribution in [-0.2, 0) is 0 Å². The summed E-state index contributed by atoms with van der Waals surface area (Å²) in [7, 11) is 0. The van der Waals surface area contributed by atoms with E-state index in [1.165, 1.54) is 0 Å². The molecule has 152 valence electrons. The monoisotopic (exact) mass is 391 g/mol. The Morgan fingerprint density at radius 3 is 2.48 bits per heavy atom. The smallest absolute Gasteiger partial charge is 0.251 e. The zero-order valence-corrected chi connectivity index (χ0v) is 17.3. The molecule has 1 aliphatic carbocycles. The molecule has 5 nitrogen and oxygen atoms in total. The zero-order valence-electron chi connectivity index (χ0n) is 17.3. The van der Waals surface area contributed by atoms with E-state index in [1.54, 1.807) is 0 Å². The number of hydrogen-bond donors (Lipinski definition) is 3. The lowest BCUT2D eigenvalue weighted by Crippen LogP contribution is -2.41. The Labute approximate surface area is 171 Å². The predicted molar refractivity (Wildman–Crippen MR) is 116 cm³/mol. The molecule has 2 aromatic heterocycles. The Balaban J connectivity index is 1.44. The average Bonchev–Trinajstić information content (AvgIpc) is 3.19. The third-order valence-corrected chi connectivity index (χ3v) is 6.27. The molecule has 0 bridgehead atoms. The minimum atomic E-state index is -0.639. The van der Waals surface area contributed by atoms with Crippen molar-refractivity contribution < 1.29 is 9.90 Å². The van der Waals surface area contributed by atoms with Gasteiger partial charge >= 0.3 is 0 Å². The first-order valence-corrected chi connectivity index (χ1v) is 10.4. The Hall–Kier alpha value is -2.66. The molecule has 1 aliphatic rings. The molecular weight excluding hydrogens is 362 g/mol. The molecule has 29 heavy (non-hydrogen) atoms. The summed E-state index contributed by atoms with van der Waals surface area (Å²) in [6.45, 7) is 5.79. The van der Waals surface area contributed by atoms with E-state index < -0.39 is 5.60 Å². The fraction of sp³-hybridized carbons (Fsp3) is 0.417. The molecule has 1 fully saturated rings. The third-order valence-electron chi connectivity index (χ3n) is 6.27. The summed E-state index contributed by atoms with van der Waals surface area (Å²) in [4.78, 5) is 20.5. The number of nitrogens with one attached hydrogen (secondary N) is 2. The Morgan fingerprint density at radius 1 is 1.14 bits per heavy atom. The van der Waals surface area contributed by atoms with Crippen molar-refractivity contribution in [2.24, 2.45) is 5.92 Å². The topological polar surface area (TPSA) is 78.0 Å². The molecule has 4 rings (SSSR count). The Kier molecular flexibility index (Phi) is 5.17. The van der Waals surface area contributed by atoms with E-state index in [0.29, 0.717) is 11.5 Å². The van der Waals surface area contributed by atoms with Crippen molar-refractivity contribution >= 4 is 16.8 Å². The largest absolute Gasteiger partial charge is 0.390 e. The van der Waals surface area contributed by atoms with Crippen LogP contribution in [0.1, 0.15) is 55.5 Å². The fourth-order valence-corrected chi connectivity index (χ4v) is 4.41. The van der Waals surface area contributed by atoms with Gasteiger partial charge in [-0.15, -0.1) is 0 Å². The number of aliphatic hydroxyl groups is 1. The zero-order chi connectivity index (χ0) is 20.6. The van der Waals surface area contributed by atoms with Crippen molar-refractivity contribution in [1.29, 1.82) is 0 Å². The second-order valence-electron chi connectivity index (χ2n) is 8.81. The number of benzene rings is 1. The standard InChI is InChI=1S/C24H29N3O2/c1-15-14-26-22(20-12-13-25-21(15)20)16-4-6-17(7-5-16)23(28)27-19-10-8-18(9-11-19)24(2,3)29/h4-7,12-14,18-19,25,29H,8-11H2,1-3H3,(H,27,28)/t18-,19-. The fourth-order valence-electron chi connectivity index (χ4n) is 4.41. The van der Waals surface area contributed by atoms with Crippen molar-refractivity contribution in [3.05, 3.63) is 53.9 Å². The molecule has 3 N–H and O–H groups in total. The summed E-state index contributed by atoms with van der Waals surface area (Å²) in [6.07, 6.45) is 7.52. The number of amides is 1. The molecule has 1 aromatic carbocycles. The number of hydrogen-bond acceptors (Lipinski definition) is 3. The van der Waals surface area contributed by atoms with Crippen LogP contribution in [0.3, 0.4) is 0 Å². The van der Waals surface area contributed by atoms with Gasteiger partial charge in [0.05, 0.1) is 16.8 Å². The average molecular weight is 392 g/mol. The molecule has 0 unspecified atom stereocenters. The van der Waals surface area contributed by atoms with E-state index in [-0.39, 0.29) is 11.9 Å². The van der Waals surface area contributed by atoms with Gasteiger partial charge in [-0.05, 0) is 76.1 Å². The lowest BCUT2D eigenvalue weighted by Gasteiger charge is -2.36. The van der Waals surface area contributed by atoms with Gasteiger partial charge in [-0.1, -0.05) is 12.1 Å². The van der Waals surface area contributed by atoms with E-state index in [9.17, 15) is 9.90 Å². The van der Waals surface area contributed by atoms with Crippen LogP contribution in [0, 0.1) is 12.8 Å². The molecule has 1 saturated carbocycles. The number of H-pyrrole nitrogens is 1. The van der Waals surface area contributed by atoms with E-state index in [4.69, 9.17) is 0 Å². The third kappa shape index (κ3) is 4.06. The number of carbonyl (C=O) groups excluding carboxylic acids is 1. The highest BCUT2D eigenvalue weighted by atomic mass is 16.3. The van der Waals surface area contributed by atoms with E-state index in [0.717, 1.165) is 53.4 Å². The number of fused-ring (bicyclic) bond motifs is 1. The van der Waals surface area contributed by atoms with Crippen LogP contribution in [0.15, 0.2) is 42.7 Å². The first kappa shape index (κ1) is 19.6. The summed E-state index contributed by atoms with van der Waals surface area (Å²) in [6, 6.07) is 9.88. The van der Waals surface area contributed by atoms with Crippen molar-refractivity contribution in [1.82, 2.24) is 15.3 Å². The van der Waals surface area contributed by atoms with Gasteiger partial charge in [-0.2, -0.15) is 0 Å². The molecule has 5 heteroatoms. The van der Waals surface area contributed by atoms with Gasteiger partial charge in [0.25, 0.3) is 5.91 Å². The van der Waals surface area contributed by atoms with Crippen molar-refractivity contribution in [3.8, 4) is 11.3 Å². The van der Waals surface area contributed by atoms with Gasteiger partial charge in [0, 0.05) is 34.9 Å². The van der Waals surface area contributed by atoms with E-state index in [2.05, 4.69) is 15.3 Å². The van der Waals surface area contributed by atoms with Gasteiger partial charge in [-0.3, -0.25) is 9.78 Å². The van der Waals surface area contributed by atoms with Gasteiger partial charge in [0.1, 0.15) is 0 Å². The normalized spacial score (nSPS) is 20.0.